The first-order valence-corrected chi connectivity index (χ1v) is 3.36. The summed E-state index contributed by atoms with van der Waals surface area (Å²) in [5, 5.41) is 0.251. The summed E-state index contributed by atoms with van der Waals surface area (Å²) in [6.45, 7) is 1.90. The van der Waals surface area contributed by atoms with Gasteiger partial charge in [0.1, 0.15) is 11.0 Å². The number of hydrogen-bond donors (Lipinski definition) is 1. The predicted octanol–water partition coefficient (Wildman–Crippen LogP) is 0.986. The largest absolute Gasteiger partial charge is 0.310 e. The van der Waals surface area contributed by atoms with E-state index in [1.807, 2.05) is 6.92 Å². The van der Waals surface area contributed by atoms with Gasteiger partial charge in [0.15, 0.2) is 0 Å². The average molecular weight is 159 g/mol. The minimum Gasteiger partial charge on any atom is -0.310 e. The zero-order valence-corrected chi connectivity index (χ0v) is 6.27. The van der Waals surface area contributed by atoms with Gasteiger partial charge in [0.25, 0.3) is 5.56 Å². The summed E-state index contributed by atoms with van der Waals surface area (Å²) < 4.78 is 0. The molecule has 0 fully saturated rings. The molecule has 54 valence electrons. The van der Waals surface area contributed by atoms with Crippen molar-refractivity contribution < 1.29 is 0 Å². The second kappa shape index (κ2) is 2.84. The molecule has 3 nitrogen and oxygen atoms in total. The maximum absolute atomic E-state index is 10.7. The zero-order chi connectivity index (χ0) is 7.56. The molecule has 0 aliphatic heterocycles. The van der Waals surface area contributed by atoms with Gasteiger partial charge in [-0.25, -0.2) is 4.98 Å². The van der Waals surface area contributed by atoms with Gasteiger partial charge in [-0.3, -0.25) is 4.79 Å². The van der Waals surface area contributed by atoms with Crippen LogP contribution in [-0.4, -0.2) is 9.97 Å². The molecule has 0 saturated carbocycles. The first kappa shape index (κ1) is 7.28. The number of hydrogen-bond acceptors (Lipinski definition) is 2. The van der Waals surface area contributed by atoms with Crippen LogP contribution >= 0.6 is 11.6 Å². The van der Waals surface area contributed by atoms with Crippen molar-refractivity contribution >= 4 is 11.6 Å². The summed E-state index contributed by atoms with van der Waals surface area (Å²) >= 11 is 5.50. The maximum Gasteiger partial charge on any atom is 0.252 e. The summed E-state index contributed by atoms with van der Waals surface area (Å²) in [6.07, 6.45) is 0.690. The Morgan fingerprint density at radius 3 is 3.00 bits per heavy atom. The van der Waals surface area contributed by atoms with Crippen molar-refractivity contribution in [1.29, 1.82) is 0 Å². The number of aromatic nitrogens is 2. The van der Waals surface area contributed by atoms with E-state index >= 15 is 0 Å². The molecule has 0 atom stereocenters. The summed E-state index contributed by atoms with van der Waals surface area (Å²) in [6, 6.07) is 1.25. The first-order chi connectivity index (χ1) is 4.72. The second-order valence-corrected chi connectivity index (χ2v) is 2.26. The Balaban J connectivity index is 3.19. The molecule has 0 unspecified atom stereocenters. The Morgan fingerprint density at radius 2 is 2.50 bits per heavy atom. The van der Waals surface area contributed by atoms with Crippen LogP contribution in [0, 0.1) is 0 Å². The lowest BCUT2D eigenvalue weighted by atomic mass is 10.4. The van der Waals surface area contributed by atoms with E-state index in [0.29, 0.717) is 12.2 Å². The minimum atomic E-state index is -0.197. The molecule has 1 rings (SSSR count). The number of nitrogens with one attached hydrogen (secondary N) is 1. The summed E-state index contributed by atoms with van der Waals surface area (Å²) in [5.74, 6) is 0.623. The van der Waals surface area contributed by atoms with Gasteiger partial charge >= 0.3 is 0 Å². The highest BCUT2D eigenvalue weighted by molar-refractivity contribution is 6.29. The fraction of sp³-hybridized carbons (Fsp3) is 0.333. The molecule has 0 aliphatic carbocycles. The van der Waals surface area contributed by atoms with Gasteiger partial charge in [-0.15, -0.1) is 0 Å². The van der Waals surface area contributed by atoms with Crippen LogP contribution in [-0.2, 0) is 6.42 Å². The van der Waals surface area contributed by atoms with Gasteiger partial charge in [0, 0.05) is 12.5 Å². The Kier molecular flexibility index (Phi) is 2.06. The lowest BCUT2D eigenvalue weighted by Gasteiger charge is -1.93. The number of halogens is 1. The molecule has 1 heterocycles. The third-order valence-electron chi connectivity index (χ3n) is 1.09. The molecular formula is C6H7ClN2O. The zero-order valence-electron chi connectivity index (χ0n) is 5.52. The topological polar surface area (TPSA) is 45.8 Å². The van der Waals surface area contributed by atoms with E-state index < -0.39 is 0 Å². The highest BCUT2D eigenvalue weighted by Gasteiger charge is 1.94. The Bertz CT molecular complexity index is 281. The van der Waals surface area contributed by atoms with Crippen LogP contribution in [0.25, 0.3) is 0 Å². The average Bonchev–Trinajstić information content (AvgIpc) is 1.85. The molecule has 0 saturated heterocycles. The predicted molar refractivity (Wildman–Crippen MR) is 39.2 cm³/mol. The minimum absolute atomic E-state index is 0.197. The molecule has 1 aromatic heterocycles. The fourth-order valence-corrected chi connectivity index (χ4v) is 0.844. The maximum atomic E-state index is 10.7. The van der Waals surface area contributed by atoms with Gasteiger partial charge in [-0.2, -0.15) is 0 Å². The molecular weight excluding hydrogens is 152 g/mol. The van der Waals surface area contributed by atoms with Crippen molar-refractivity contribution in [2.75, 3.05) is 0 Å². The van der Waals surface area contributed by atoms with Crippen molar-refractivity contribution in [3.63, 3.8) is 0 Å². The summed E-state index contributed by atoms with van der Waals surface area (Å²) in [4.78, 5) is 17.1. The monoisotopic (exact) mass is 158 g/mol. The van der Waals surface area contributed by atoms with Crippen LogP contribution in [0.15, 0.2) is 10.9 Å². The lowest BCUT2D eigenvalue weighted by molar-refractivity contribution is 0.920. The third kappa shape index (κ3) is 1.57. The smallest absolute Gasteiger partial charge is 0.252 e. The van der Waals surface area contributed by atoms with Crippen molar-refractivity contribution in [2.24, 2.45) is 0 Å². The first-order valence-electron chi connectivity index (χ1n) is 2.98. The number of rotatable bonds is 1. The van der Waals surface area contributed by atoms with Crippen LogP contribution < -0.4 is 5.56 Å². The lowest BCUT2D eigenvalue weighted by Crippen LogP contribution is -2.08. The van der Waals surface area contributed by atoms with Gasteiger partial charge in [0.2, 0.25) is 0 Å². The summed E-state index contributed by atoms with van der Waals surface area (Å²) in [7, 11) is 0. The van der Waals surface area contributed by atoms with Crippen LogP contribution in [0.1, 0.15) is 12.7 Å². The van der Waals surface area contributed by atoms with Crippen molar-refractivity contribution in [1.82, 2.24) is 9.97 Å². The quantitative estimate of drug-likeness (QED) is 0.620. The Labute approximate surface area is 63.1 Å². The van der Waals surface area contributed by atoms with Gasteiger partial charge < -0.3 is 4.98 Å². The molecule has 4 heteroatoms. The number of aryl methyl sites for hydroxylation is 1. The van der Waals surface area contributed by atoms with Crippen molar-refractivity contribution in [2.45, 2.75) is 13.3 Å². The molecule has 0 spiro atoms. The summed E-state index contributed by atoms with van der Waals surface area (Å²) in [5.41, 5.74) is -0.197. The molecule has 0 radical (unpaired) electrons. The molecule has 0 aromatic carbocycles. The fourth-order valence-electron chi connectivity index (χ4n) is 0.643. The Morgan fingerprint density at radius 1 is 1.80 bits per heavy atom. The molecule has 0 bridgehead atoms. The standard InChI is InChI=1S/C6H7ClN2O/c1-2-5-8-4(7)3-6(10)9-5/h3H,2H2,1H3,(H,8,9,10). The van der Waals surface area contributed by atoms with E-state index in [4.69, 9.17) is 11.6 Å². The van der Waals surface area contributed by atoms with E-state index in [0.717, 1.165) is 0 Å². The molecule has 10 heavy (non-hydrogen) atoms. The van der Waals surface area contributed by atoms with Crippen molar-refractivity contribution in [3.05, 3.63) is 27.4 Å². The third-order valence-corrected chi connectivity index (χ3v) is 1.29. The SMILES string of the molecule is CCc1nc(Cl)cc(=O)[nH]1. The number of nitrogens with zero attached hydrogens (tertiary/aromatic N) is 1. The van der Waals surface area contributed by atoms with E-state index in [9.17, 15) is 4.79 Å². The molecule has 1 aromatic rings. The van der Waals surface area contributed by atoms with Gasteiger partial charge in [-0.1, -0.05) is 18.5 Å². The number of H-pyrrole nitrogens is 1. The van der Waals surface area contributed by atoms with Crippen LogP contribution in [0.4, 0.5) is 0 Å². The highest BCUT2D eigenvalue weighted by Crippen LogP contribution is 1.98. The van der Waals surface area contributed by atoms with Gasteiger partial charge in [-0.05, 0) is 0 Å². The van der Waals surface area contributed by atoms with E-state index in [2.05, 4.69) is 9.97 Å². The highest BCUT2D eigenvalue weighted by atomic mass is 35.5. The molecule has 0 aliphatic rings. The van der Waals surface area contributed by atoms with E-state index in [1.165, 1.54) is 6.07 Å². The van der Waals surface area contributed by atoms with Crippen molar-refractivity contribution in [3.8, 4) is 0 Å². The molecule has 0 amide bonds. The van der Waals surface area contributed by atoms with Crippen LogP contribution in [0.3, 0.4) is 0 Å². The normalized spacial score (nSPS) is 9.80. The Hall–Kier alpha value is -0.830. The second-order valence-electron chi connectivity index (χ2n) is 1.87. The van der Waals surface area contributed by atoms with E-state index in [1.54, 1.807) is 0 Å². The van der Waals surface area contributed by atoms with E-state index in [-0.39, 0.29) is 10.7 Å². The molecule has 1 N–H and O–H groups in total. The van der Waals surface area contributed by atoms with Crippen LogP contribution in [0.2, 0.25) is 5.15 Å². The van der Waals surface area contributed by atoms with Gasteiger partial charge in [0.05, 0.1) is 0 Å². The van der Waals surface area contributed by atoms with Crippen LogP contribution in [0.5, 0.6) is 0 Å². The number of aromatic amines is 1.